The van der Waals surface area contributed by atoms with Crippen LogP contribution in [0.2, 0.25) is 0 Å². The zero-order valence-electron chi connectivity index (χ0n) is 16.7. The maximum atomic E-state index is 11.8. The summed E-state index contributed by atoms with van der Waals surface area (Å²) in [5.41, 5.74) is 6.41. The highest BCUT2D eigenvalue weighted by Crippen LogP contribution is 2.32. The van der Waals surface area contributed by atoms with Crippen molar-refractivity contribution in [1.82, 2.24) is 19.7 Å². The third-order valence-electron chi connectivity index (χ3n) is 5.25. The molecule has 29 heavy (non-hydrogen) atoms. The second kappa shape index (κ2) is 8.56. The van der Waals surface area contributed by atoms with Gasteiger partial charge < -0.3 is 21.3 Å². The normalized spacial score (nSPS) is 20.9. The number of anilines is 3. The van der Waals surface area contributed by atoms with Crippen molar-refractivity contribution in [2.45, 2.75) is 38.8 Å². The summed E-state index contributed by atoms with van der Waals surface area (Å²) < 4.78 is 4.22. The second-order valence-corrected chi connectivity index (χ2v) is 7.99. The van der Waals surface area contributed by atoms with Gasteiger partial charge in [0.1, 0.15) is 10.8 Å². The molecular formula is C19H25N7O2S. The number of carbonyl (C=O) groups excluding carboxylic acids is 2. The van der Waals surface area contributed by atoms with E-state index in [1.165, 1.54) is 17.6 Å². The lowest BCUT2D eigenvalue weighted by atomic mass is 10.0. The summed E-state index contributed by atoms with van der Waals surface area (Å²) in [6.07, 6.45) is 4.60. The van der Waals surface area contributed by atoms with Gasteiger partial charge in [-0.2, -0.15) is 4.37 Å². The minimum Gasteiger partial charge on any atom is -0.364 e. The van der Waals surface area contributed by atoms with Gasteiger partial charge in [-0.15, -0.1) is 0 Å². The Morgan fingerprint density at radius 1 is 1.41 bits per heavy atom. The maximum Gasteiger partial charge on any atom is 0.271 e. The van der Waals surface area contributed by atoms with E-state index in [1.807, 2.05) is 24.9 Å². The average molecular weight is 416 g/mol. The topological polar surface area (TPSA) is 126 Å². The molecule has 0 saturated heterocycles. The number of hydrogen-bond donors (Lipinski definition) is 3. The van der Waals surface area contributed by atoms with E-state index >= 15 is 0 Å². The maximum absolute atomic E-state index is 11.8. The Hall–Kier alpha value is -3.01. The molecule has 3 atom stereocenters. The number of amides is 2. The quantitative estimate of drug-likeness (QED) is 0.590. The molecule has 1 unspecified atom stereocenters. The summed E-state index contributed by atoms with van der Waals surface area (Å²) in [7, 11) is 1.94. The SMILES string of the molecule is C=CC(=O)NC1CC[C@@H](N(C)c2cnc(C(N)=O)c(Nc3cc(C)ns3)n2)[C@H]1C. The van der Waals surface area contributed by atoms with Crippen molar-refractivity contribution in [3.05, 3.63) is 36.3 Å². The number of nitrogens with one attached hydrogen (secondary N) is 2. The van der Waals surface area contributed by atoms with Gasteiger partial charge in [0.15, 0.2) is 11.5 Å². The summed E-state index contributed by atoms with van der Waals surface area (Å²) in [6, 6.07) is 2.10. The first-order chi connectivity index (χ1) is 13.8. The van der Waals surface area contributed by atoms with Crippen LogP contribution in [-0.2, 0) is 4.79 Å². The Labute approximate surface area is 173 Å². The molecule has 9 nitrogen and oxygen atoms in total. The molecule has 1 fully saturated rings. The third-order valence-corrected chi connectivity index (χ3v) is 6.05. The van der Waals surface area contributed by atoms with E-state index in [0.29, 0.717) is 11.6 Å². The van der Waals surface area contributed by atoms with Crippen LogP contribution in [0.3, 0.4) is 0 Å². The van der Waals surface area contributed by atoms with Gasteiger partial charge in [-0.25, -0.2) is 9.97 Å². The first kappa shape index (κ1) is 20.7. The summed E-state index contributed by atoms with van der Waals surface area (Å²) in [4.78, 5) is 34.3. The molecule has 1 aliphatic carbocycles. The molecule has 0 aliphatic heterocycles. The van der Waals surface area contributed by atoms with Gasteiger partial charge in [0.05, 0.1) is 11.9 Å². The first-order valence-corrected chi connectivity index (χ1v) is 10.1. The van der Waals surface area contributed by atoms with Crippen LogP contribution in [-0.4, -0.2) is 45.3 Å². The van der Waals surface area contributed by atoms with E-state index in [2.05, 4.69) is 38.5 Å². The molecule has 1 saturated carbocycles. The Morgan fingerprint density at radius 3 is 2.79 bits per heavy atom. The predicted octanol–water partition coefficient (Wildman–Crippen LogP) is 1.99. The highest BCUT2D eigenvalue weighted by Gasteiger charge is 2.36. The molecular weight excluding hydrogens is 390 g/mol. The van der Waals surface area contributed by atoms with E-state index in [4.69, 9.17) is 5.73 Å². The molecule has 0 aromatic carbocycles. The molecule has 2 amide bonds. The monoisotopic (exact) mass is 415 g/mol. The number of aromatic nitrogens is 3. The molecule has 4 N–H and O–H groups in total. The van der Waals surface area contributed by atoms with E-state index in [1.54, 1.807) is 6.20 Å². The second-order valence-electron chi connectivity index (χ2n) is 7.18. The van der Waals surface area contributed by atoms with Gasteiger partial charge in [-0.3, -0.25) is 9.59 Å². The van der Waals surface area contributed by atoms with Gasteiger partial charge in [-0.05, 0) is 49.4 Å². The van der Waals surface area contributed by atoms with E-state index in [0.717, 1.165) is 23.5 Å². The van der Waals surface area contributed by atoms with Crippen LogP contribution in [0.5, 0.6) is 0 Å². The number of nitrogens with zero attached hydrogens (tertiary/aromatic N) is 4. The smallest absolute Gasteiger partial charge is 0.271 e. The first-order valence-electron chi connectivity index (χ1n) is 9.33. The third kappa shape index (κ3) is 4.53. The van der Waals surface area contributed by atoms with E-state index in [9.17, 15) is 9.59 Å². The van der Waals surface area contributed by atoms with E-state index in [-0.39, 0.29) is 29.6 Å². The van der Waals surface area contributed by atoms with Gasteiger partial charge in [-0.1, -0.05) is 13.5 Å². The van der Waals surface area contributed by atoms with Crippen molar-refractivity contribution in [3.8, 4) is 0 Å². The summed E-state index contributed by atoms with van der Waals surface area (Å²) in [5.74, 6) is 0.306. The lowest BCUT2D eigenvalue weighted by Gasteiger charge is -2.30. The number of carbonyl (C=O) groups is 2. The van der Waals surface area contributed by atoms with Gasteiger partial charge in [0.25, 0.3) is 5.91 Å². The van der Waals surface area contributed by atoms with Crippen LogP contribution >= 0.6 is 11.5 Å². The van der Waals surface area contributed by atoms with Crippen molar-refractivity contribution in [2.75, 3.05) is 17.3 Å². The molecule has 10 heteroatoms. The van der Waals surface area contributed by atoms with Gasteiger partial charge in [0, 0.05) is 19.1 Å². The highest BCUT2D eigenvalue weighted by atomic mass is 32.1. The number of hydrogen-bond acceptors (Lipinski definition) is 8. The minimum absolute atomic E-state index is 0.0727. The highest BCUT2D eigenvalue weighted by molar-refractivity contribution is 7.10. The van der Waals surface area contributed by atoms with Gasteiger partial charge >= 0.3 is 0 Å². The molecule has 2 aromatic rings. The van der Waals surface area contributed by atoms with Gasteiger partial charge in [0.2, 0.25) is 5.91 Å². The average Bonchev–Trinajstić information content (AvgIpc) is 3.26. The van der Waals surface area contributed by atoms with Crippen molar-refractivity contribution in [3.63, 3.8) is 0 Å². The predicted molar refractivity (Wildman–Crippen MR) is 113 cm³/mol. The lowest BCUT2D eigenvalue weighted by molar-refractivity contribution is -0.117. The molecule has 2 aromatic heterocycles. The number of nitrogens with two attached hydrogens (primary N) is 1. The Balaban J connectivity index is 1.82. The van der Waals surface area contributed by atoms with Crippen LogP contribution in [0.1, 0.15) is 35.9 Å². The summed E-state index contributed by atoms with van der Waals surface area (Å²) in [6.45, 7) is 7.50. The molecule has 0 spiro atoms. The molecule has 0 bridgehead atoms. The fourth-order valence-electron chi connectivity index (χ4n) is 3.66. The number of aryl methyl sites for hydroxylation is 1. The van der Waals surface area contributed by atoms with Crippen molar-refractivity contribution >= 4 is 40.0 Å². The lowest BCUT2D eigenvalue weighted by Crippen LogP contribution is -2.42. The number of primary amides is 1. The van der Waals surface area contributed by atoms with Crippen LogP contribution in [0.25, 0.3) is 0 Å². The molecule has 1 aliphatic rings. The Morgan fingerprint density at radius 2 is 2.17 bits per heavy atom. The fraction of sp³-hybridized carbons (Fsp3) is 0.421. The zero-order chi connectivity index (χ0) is 21.1. The Kier molecular flexibility index (Phi) is 6.12. The van der Waals surface area contributed by atoms with Crippen LogP contribution < -0.4 is 21.3 Å². The molecule has 0 radical (unpaired) electrons. The standard InChI is InChI=1S/C19H25N7O2S/c1-5-15(27)22-12-6-7-13(11(12)3)26(4)14-9-21-17(18(20)28)19(23-14)24-16-8-10(2)25-29-16/h5,8-9,11-13H,1,6-7H2,2-4H3,(H2,20,28)(H,22,27)(H,23,24)/t11-,12?,13+/m0/s1. The minimum atomic E-state index is -0.656. The van der Waals surface area contributed by atoms with Crippen molar-refractivity contribution in [2.24, 2.45) is 11.7 Å². The zero-order valence-corrected chi connectivity index (χ0v) is 17.5. The number of rotatable bonds is 7. The molecule has 3 rings (SSSR count). The van der Waals surface area contributed by atoms with Crippen molar-refractivity contribution < 1.29 is 9.59 Å². The molecule has 2 heterocycles. The molecule has 154 valence electrons. The largest absolute Gasteiger partial charge is 0.364 e. The summed E-state index contributed by atoms with van der Waals surface area (Å²) >= 11 is 1.27. The Bertz CT molecular complexity index is 929. The van der Waals surface area contributed by atoms with Crippen LogP contribution in [0.4, 0.5) is 16.6 Å². The van der Waals surface area contributed by atoms with Crippen molar-refractivity contribution in [1.29, 1.82) is 0 Å². The van der Waals surface area contributed by atoms with E-state index < -0.39 is 5.91 Å². The fourth-order valence-corrected chi connectivity index (χ4v) is 4.32. The summed E-state index contributed by atoms with van der Waals surface area (Å²) in [5, 5.41) is 6.84. The van der Waals surface area contributed by atoms with Crippen LogP contribution in [0.15, 0.2) is 24.9 Å². The van der Waals surface area contributed by atoms with Crippen LogP contribution in [0, 0.1) is 12.8 Å².